The van der Waals surface area contributed by atoms with Gasteiger partial charge >= 0.3 is 5.97 Å². The van der Waals surface area contributed by atoms with Crippen LogP contribution in [0.15, 0.2) is 24.3 Å². The van der Waals surface area contributed by atoms with Crippen molar-refractivity contribution in [1.29, 1.82) is 0 Å². The third-order valence-electron chi connectivity index (χ3n) is 4.64. The summed E-state index contributed by atoms with van der Waals surface area (Å²) < 4.78 is 10.4. The second-order valence-corrected chi connectivity index (χ2v) is 7.04. The lowest BCUT2D eigenvalue weighted by Gasteiger charge is -2.40. The Morgan fingerprint density at radius 3 is 2.60 bits per heavy atom. The Bertz CT molecular complexity index is 530. The van der Waals surface area contributed by atoms with E-state index in [1.165, 1.54) is 5.56 Å². The summed E-state index contributed by atoms with van der Waals surface area (Å²) in [7, 11) is 1.68. The lowest BCUT2D eigenvalue weighted by molar-refractivity contribution is -0.145. The van der Waals surface area contributed by atoms with Gasteiger partial charge in [0.1, 0.15) is 5.75 Å². The number of methoxy groups -OCH3 is 1. The number of carbonyl (C=O) groups excluding carboxylic acids is 1. The van der Waals surface area contributed by atoms with Crippen LogP contribution in [0.3, 0.4) is 0 Å². The van der Waals surface area contributed by atoms with Crippen molar-refractivity contribution in [3.8, 4) is 5.75 Å². The van der Waals surface area contributed by atoms with E-state index in [1.807, 2.05) is 19.1 Å². The quantitative estimate of drug-likeness (QED) is 0.732. The lowest BCUT2D eigenvalue weighted by Crippen LogP contribution is -2.52. The van der Waals surface area contributed by atoms with Crippen LogP contribution in [-0.2, 0) is 16.1 Å². The highest BCUT2D eigenvalue weighted by atomic mass is 16.5. The fourth-order valence-corrected chi connectivity index (χ4v) is 3.51. The minimum Gasteiger partial charge on any atom is -0.497 e. The molecule has 1 unspecified atom stereocenters. The second kappa shape index (κ2) is 9.78. The molecule has 0 bridgehead atoms. The summed E-state index contributed by atoms with van der Waals surface area (Å²) in [6.07, 6.45) is 2.58. The Morgan fingerprint density at radius 2 is 2.00 bits per heavy atom. The molecule has 25 heavy (non-hydrogen) atoms. The number of piperidine rings is 1. The SMILES string of the molecule is CCOC(=O)CC1CC[C@@H](NC(C)C)CN1Cc1ccc(OC)cc1. The molecule has 2 rings (SSSR count). The smallest absolute Gasteiger partial charge is 0.307 e. The van der Waals surface area contributed by atoms with Crippen molar-refractivity contribution in [2.24, 2.45) is 0 Å². The molecule has 1 heterocycles. The molecule has 1 fully saturated rings. The number of hydrogen-bond donors (Lipinski definition) is 1. The predicted molar refractivity (Wildman–Crippen MR) is 99.7 cm³/mol. The zero-order chi connectivity index (χ0) is 18.2. The highest BCUT2D eigenvalue weighted by Gasteiger charge is 2.30. The molecule has 5 nitrogen and oxygen atoms in total. The molecule has 0 aliphatic carbocycles. The van der Waals surface area contributed by atoms with Gasteiger partial charge in [0.25, 0.3) is 0 Å². The zero-order valence-corrected chi connectivity index (χ0v) is 16.0. The van der Waals surface area contributed by atoms with Gasteiger partial charge in [-0.1, -0.05) is 26.0 Å². The fraction of sp³-hybridized carbons (Fsp3) is 0.650. The van der Waals surface area contributed by atoms with Crippen LogP contribution in [-0.4, -0.2) is 49.3 Å². The minimum absolute atomic E-state index is 0.0949. The van der Waals surface area contributed by atoms with Gasteiger partial charge in [0, 0.05) is 31.2 Å². The Morgan fingerprint density at radius 1 is 1.28 bits per heavy atom. The average Bonchev–Trinajstić information content (AvgIpc) is 2.57. The number of nitrogens with one attached hydrogen (secondary N) is 1. The minimum atomic E-state index is -0.0949. The molecule has 1 aromatic carbocycles. The van der Waals surface area contributed by atoms with Gasteiger partial charge < -0.3 is 14.8 Å². The molecule has 0 aromatic heterocycles. The van der Waals surface area contributed by atoms with E-state index >= 15 is 0 Å². The van der Waals surface area contributed by atoms with E-state index in [1.54, 1.807) is 7.11 Å². The number of ether oxygens (including phenoxy) is 2. The summed E-state index contributed by atoms with van der Waals surface area (Å²) in [5, 5.41) is 3.64. The molecule has 1 aromatic rings. The molecule has 0 amide bonds. The summed E-state index contributed by atoms with van der Waals surface area (Å²) in [6, 6.07) is 9.35. The summed E-state index contributed by atoms with van der Waals surface area (Å²) in [6.45, 7) is 8.45. The number of carbonyl (C=O) groups is 1. The van der Waals surface area contributed by atoms with Gasteiger partial charge in [0.2, 0.25) is 0 Å². The van der Waals surface area contributed by atoms with Gasteiger partial charge in [-0.25, -0.2) is 0 Å². The van der Waals surface area contributed by atoms with Crippen LogP contribution in [0.2, 0.25) is 0 Å². The van der Waals surface area contributed by atoms with Gasteiger partial charge in [0.15, 0.2) is 0 Å². The van der Waals surface area contributed by atoms with Crippen molar-refractivity contribution in [2.75, 3.05) is 20.3 Å². The van der Waals surface area contributed by atoms with Crippen LogP contribution in [0.5, 0.6) is 5.75 Å². The molecule has 5 heteroatoms. The van der Waals surface area contributed by atoms with Gasteiger partial charge in [-0.2, -0.15) is 0 Å². The first-order valence-corrected chi connectivity index (χ1v) is 9.30. The van der Waals surface area contributed by atoms with Gasteiger partial charge in [-0.05, 0) is 37.5 Å². The normalized spacial score (nSPS) is 21.3. The van der Waals surface area contributed by atoms with Crippen LogP contribution in [0.4, 0.5) is 0 Å². The van der Waals surface area contributed by atoms with E-state index in [9.17, 15) is 4.79 Å². The molecule has 140 valence electrons. The standard InChI is InChI=1S/C20H32N2O3/c1-5-25-20(23)12-18-9-8-17(21-15(2)3)14-22(18)13-16-6-10-19(24-4)11-7-16/h6-7,10-11,15,17-18,21H,5,8-9,12-14H2,1-4H3/t17-,18?/m1/s1. The van der Waals surface area contributed by atoms with Gasteiger partial charge in [-0.3, -0.25) is 9.69 Å². The molecule has 0 radical (unpaired) electrons. The molecular formula is C20H32N2O3. The lowest BCUT2D eigenvalue weighted by atomic mass is 9.94. The maximum Gasteiger partial charge on any atom is 0.307 e. The monoisotopic (exact) mass is 348 g/mol. The number of nitrogens with zero attached hydrogens (tertiary/aromatic N) is 1. The molecule has 0 spiro atoms. The van der Waals surface area contributed by atoms with Crippen LogP contribution in [0.25, 0.3) is 0 Å². The van der Waals surface area contributed by atoms with E-state index in [4.69, 9.17) is 9.47 Å². The van der Waals surface area contributed by atoms with E-state index in [2.05, 4.69) is 36.2 Å². The number of rotatable bonds is 8. The third kappa shape index (κ3) is 6.33. The first kappa shape index (κ1) is 19.7. The average molecular weight is 348 g/mol. The molecule has 2 atom stereocenters. The first-order chi connectivity index (χ1) is 12.0. The first-order valence-electron chi connectivity index (χ1n) is 9.30. The number of benzene rings is 1. The molecule has 1 aliphatic heterocycles. The summed E-state index contributed by atoms with van der Waals surface area (Å²) in [5.41, 5.74) is 1.24. The number of likely N-dealkylation sites (tertiary alicyclic amines) is 1. The summed E-state index contributed by atoms with van der Waals surface area (Å²) >= 11 is 0. The van der Waals surface area contributed by atoms with Crippen molar-refractivity contribution >= 4 is 5.97 Å². The van der Waals surface area contributed by atoms with Crippen molar-refractivity contribution in [1.82, 2.24) is 10.2 Å². The molecular weight excluding hydrogens is 316 g/mol. The van der Waals surface area contributed by atoms with E-state index < -0.39 is 0 Å². The predicted octanol–water partition coefficient (Wildman–Crippen LogP) is 2.98. The molecule has 1 aliphatic rings. The fourth-order valence-electron chi connectivity index (χ4n) is 3.51. The third-order valence-corrected chi connectivity index (χ3v) is 4.64. The van der Waals surface area contributed by atoms with Gasteiger partial charge in [-0.15, -0.1) is 0 Å². The maximum atomic E-state index is 12.0. The maximum absolute atomic E-state index is 12.0. The highest BCUT2D eigenvalue weighted by Crippen LogP contribution is 2.24. The van der Waals surface area contributed by atoms with Crippen molar-refractivity contribution in [2.45, 2.75) is 64.7 Å². The Balaban J connectivity index is 2.04. The van der Waals surface area contributed by atoms with Crippen LogP contribution in [0.1, 0.15) is 45.6 Å². The van der Waals surface area contributed by atoms with Crippen LogP contribution < -0.4 is 10.1 Å². The summed E-state index contributed by atoms with van der Waals surface area (Å²) in [4.78, 5) is 14.4. The molecule has 0 saturated carbocycles. The molecule has 1 N–H and O–H groups in total. The Hall–Kier alpha value is -1.59. The number of hydrogen-bond acceptors (Lipinski definition) is 5. The van der Waals surface area contributed by atoms with Crippen molar-refractivity contribution < 1.29 is 14.3 Å². The van der Waals surface area contributed by atoms with Crippen molar-refractivity contribution in [3.63, 3.8) is 0 Å². The van der Waals surface area contributed by atoms with Crippen LogP contribution >= 0.6 is 0 Å². The number of esters is 1. The Labute approximate surface area is 151 Å². The topological polar surface area (TPSA) is 50.8 Å². The Kier molecular flexibility index (Phi) is 7.72. The van der Waals surface area contributed by atoms with E-state index in [0.717, 1.165) is 31.7 Å². The van der Waals surface area contributed by atoms with Crippen LogP contribution in [0, 0.1) is 0 Å². The second-order valence-electron chi connectivity index (χ2n) is 7.04. The molecule has 1 saturated heterocycles. The summed E-state index contributed by atoms with van der Waals surface area (Å²) in [5.74, 6) is 0.771. The van der Waals surface area contributed by atoms with Gasteiger partial charge in [0.05, 0.1) is 20.1 Å². The van der Waals surface area contributed by atoms with E-state index in [0.29, 0.717) is 25.1 Å². The zero-order valence-electron chi connectivity index (χ0n) is 16.0. The largest absolute Gasteiger partial charge is 0.497 e. The van der Waals surface area contributed by atoms with E-state index in [-0.39, 0.29) is 12.0 Å². The highest BCUT2D eigenvalue weighted by molar-refractivity contribution is 5.70. The van der Waals surface area contributed by atoms with Crippen molar-refractivity contribution in [3.05, 3.63) is 29.8 Å².